The van der Waals surface area contributed by atoms with Crippen molar-refractivity contribution in [1.82, 2.24) is 14.9 Å². The molecule has 0 bridgehead atoms. The van der Waals surface area contributed by atoms with Gasteiger partial charge in [-0.25, -0.2) is 4.98 Å². The fourth-order valence-electron chi connectivity index (χ4n) is 3.43. The maximum absolute atomic E-state index is 13.1. The first-order valence-electron chi connectivity index (χ1n) is 9.91. The standard InChI is InChI=1S/C24H23N3O2S/c1-16-8-10-19(11-9-16)20-14-30-23-22(20)24(29)27(15-25-23)13-12-21(28)26-17(2)18-6-4-3-5-7-18/h3-11,14-15,17H,12-13H2,1-2H3,(H,26,28). The van der Waals surface area contributed by atoms with E-state index in [-0.39, 0.29) is 30.5 Å². The van der Waals surface area contributed by atoms with Crippen molar-refractivity contribution in [2.24, 2.45) is 0 Å². The molecule has 0 fully saturated rings. The molecule has 152 valence electrons. The summed E-state index contributed by atoms with van der Waals surface area (Å²) in [5, 5.41) is 5.58. The summed E-state index contributed by atoms with van der Waals surface area (Å²) in [4.78, 5) is 30.7. The molecule has 0 radical (unpaired) electrons. The third-order valence-electron chi connectivity index (χ3n) is 5.18. The van der Waals surface area contributed by atoms with Gasteiger partial charge in [0.2, 0.25) is 5.91 Å². The van der Waals surface area contributed by atoms with Crippen LogP contribution in [0.15, 0.2) is 71.1 Å². The lowest BCUT2D eigenvalue weighted by Gasteiger charge is -2.14. The Morgan fingerprint density at radius 3 is 2.60 bits per heavy atom. The van der Waals surface area contributed by atoms with Crippen LogP contribution in [0.2, 0.25) is 0 Å². The lowest BCUT2D eigenvalue weighted by atomic mass is 10.1. The highest BCUT2D eigenvalue weighted by atomic mass is 32.1. The summed E-state index contributed by atoms with van der Waals surface area (Å²) in [6.45, 7) is 4.28. The number of nitrogens with one attached hydrogen (secondary N) is 1. The summed E-state index contributed by atoms with van der Waals surface area (Å²) < 4.78 is 1.53. The summed E-state index contributed by atoms with van der Waals surface area (Å²) in [6.07, 6.45) is 1.75. The number of nitrogens with zero attached hydrogens (tertiary/aromatic N) is 2. The van der Waals surface area contributed by atoms with Gasteiger partial charge in [-0.15, -0.1) is 11.3 Å². The molecule has 1 N–H and O–H groups in total. The Labute approximate surface area is 179 Å². The minimum Gasteiger partial charge on any atom is -0.350 e. The zero-order chi connectivity index (χ0) is 21.1. The van der Waals surface area contributed by atoms with E-state index in [2.05, 4.69) is 10.3 Å². The van der Waals surface area contributed by atoms with Crippen molar-refractivity contribution in [3.63, 3.8) is 0 Å². The molecular weight excluding hydrogens is 394 g/mol. The Hall–Kier alpha value is -3.25. The normalized spacial score (nSPS) is 12.1. The van der Waals surface area contributed by atoms with Crippen LogP contribution in [-0.2, 0) is 11.3 Å². The average Bonchev–Trinajstić information content (AvgIpc) is 3.19. The molecule has 0 spiro atoms. The summed E-state index contributed by atoms with van der Waals surface area (Å²) in [5.41, 5.74) is 4.00. The van der Waals surface area contributed by atoms with Gasteiger partial charge in [0, 0.05) is 23.9 Å². The SMILES string of the molecule is Cc1ccc(-c2csc3ncn(CCC(=O)NC(C)c4ccccc4)c(=O)c23)cc1. The molecule has 2 heterocycles. The predicted octanol–water partition coefficient (Wildman–Crippen LogP) is 4.70. The molecule has 0 saturated carbocycles. The summed E-state index contributed by atoms with van der Waals surface area (Å²) in [6, 6.07) is 17.8. The van der Waals surface area contributed by atoms with E-state index in [1.54, 1.807) is 0 Å². The van der Waals surface area contributed by atoms with Crippen LogP contribution in [-0.4, -0.2) is 15.5 Å². The van der Waals surface area contributed by atoms with Crippen LogP contribution >= 0.6 is 11.3 Å². The quantitative estimate of drug-likeness (QED) is 0.495. The molecule has 4 aromatic rings. The lowest BCUT2D eigenvalue weighted by Crippen LogP contribution is -2.29. The highest BCUT2D eigenvalue weighted by Gasteiger charge is 2.14. The highest BCUT2D eigenvalue weighted by molar-refractivity contribution is 7.17. The van der Waals surface area contributed by atoms with Crippen LogP contribution in [0.5, 0.6) is 0 Å². The van der Waals surface area contributed by atoms with Gasteiger partial charge in [0.1, 0.15) is 4.83 Å². The van der Waals surface area contributed by atoms with Gasteiger partial charge in [-0.3, -0.25) is 14.2 Å². The second kappa shape index (κ2) is 8.63. The van der Waals surface area contributed by atoms with Crippen LogP contribution in [0.1, 0.15) is 30.5 Å². The van der Waals surface area contributed by atoms with Crippen LogP contribution in [0.4, 0.5) is 0 Å². The number of rotatable bonds is 6. The molecule has 30 heavy (non-hydrogen) atoms. The number of aromatic nitrogens is 2. The van der Waals surface area contributed by atoms with E-state index in [9.17, 15) is 9.59 Å². The highest BCUT2D eigenvalue weighted by Crippen LogP contribution is 2.30. The number of fused-ring (bicyclic) bond motifs is 1. The van der Waals surface area contributed by atoms with Gasteiger partial charge in [0.25, 0.3) is 5.56 Å². The van der Waals surface area contributed by atoms with Gasteiger partial charge in [0.15, 0.2) is 0 Å². The largest absolute Gasteiger partial charge is 0.350 e. The van der Waals surface area contributed by atoms with Crippen molar-refractivity contribution in [2.75, 3.05) is 0 Å². The van der Waals surface area contributed by atoms with Crippen molar-refractivity contribution >= 4 is 27.5 Å². The second-order valence-electron chi connectivity index (χ2n) is 7.39. The van der Waals surface area contributed by atoms with E-state index in [1.807, 2.05) is 73.8 Å². The van der Waals surface area contributed by atoms with E-state index >= 15 is 0 Å². The predicted molar refractivity (Wildman–Crippen MR) is 122 cm³/mol. The molecule has 1 amide bonds. The van der Waals surface area contributed by atoms with E-state index in [0.29, 0.717) is 10.2 Å². The van der Waals surface area contributed by atoms with Crippen LogP contribution in [0.25, 0.3) is 21.3 Å². The van der Waals surface area contributed by atoms with Gasteiger partial charge >= 0.3 is 0 Å². The molecule has 0 aliphatic rings. The number of hydrogen-bond donors (Lipinski definition) is 1. The topological polar surface area (TPSA) is 64.0 Å². The van der Waals surface area contributed by atoms with Gasteiger partial charge < -0.3 is 5.32 Å². The lowest BCUT2D eigenvalue weighted by molar-refractivity contribution is -0.121. The zero-order valence-corrected chi connectivity index (χ0v) is 17.8. The molecule has 1 atom stereocenters. The van der Waals surface area contributed by atoms with Gasteiger partial charge in [0.05, 0.1) is 17.8 Å². The van der Waals surface area contributed by atoms with Crippen molar-refractivity contribution in [3.8, 4) is 11.1 Å². The number of thiophene rings is 1. The van der Waals surface area contributed by atoms with Crippen LogP contribution in [0.3, 0.4) is 0 Å². The minimum absolute atomic E-state index is 0.0824. The van der Waals surface area contributed by atoms with Gasteiger partial charge in [-0.05, 0) is 25.0 Å². The van der Waals surface area contributed by atoms with E-state index in [1.165, 1.54) is 27.8 Å². The molecule has 0 aliphatic carbocycles. The number of amides is 1. The molecule has 0 aliphatic heterocycles. The first-order valence-corrected chi connectivity index (χ1v) is 10.8. The molecule has 6 heteroatoms. The number of carbonyl (C=O) groups excluding carboxylic acids is 1. The van der Waals surface area contributed by atoms with Crippen molar-refractivity contribution in [2.45, 2.75) is 32.9 Å². The Morgan fingerprint density at radius 2 is 1.87 bits per heavy atom. The maximum atomic E-state index is 13.1. The third-order valence-corrected chi connectivity index (χ3v) is 6.07. The Bertz CT molecular complexity index is 1230. The zero-order valence-electron chi connectivity index (χ0n) is 17.0. The second-order valence-corrected chi connectivity index (χ2v) is 8.25. The Morgan fingerprint density at radius 1 is 1.13 bits per heavy atom. The number of hydrogen-bond acceptors (Lipinski definition) is 4. The smallest absolute Gasteiger partial charge is 0.262 e. The number of aryl methyl sites for hydroxylation is 2. The monoisotopic (exact) mass is 417 g/mol. The fourth-order valence-corrected chi connectivity index (χ4v) is 4.34. The van der Waals surface area contributed by atoms with Crippen molar-refractivity contribution < 1.29 is 4.79 Å². The maximum Gasteiger partial charge on any atom is 0.262 e. The average molecular weight is 418 g/mol. The van der Waals surface area contributed by atoms with Gasteiger partial charge in [-0.1, -0.05) is 60.2 Å². The summed E-state index contributed by atoms with van der Waals surface area (Å²) >= 11 is 1.46. The van der Waals surface area contributed by atoms with Crippen LogP contribution < -0.4 is 10.9 Å². The molecule has 2 aromatic carbocycles. The molecular formula is C24H23N3O2S. The van der Waals surface area contributed by atoms with Gasteiger partial charge in [-0.2, -0.15) is 0 Å². The molecule has 2 aromatic heterocycles. The first-order chi connectivity index (χ1) is 14.5. The molecule has 0 saturated heterocycles. The van der Waals surface area contributed by atoms with Crippen molar-refractivity contribution in [3.05, 3.63) is 87.8 Å². The van der Waals surface area contributed by atoms with Crippen LogP contribution in [0, 0.1) is 6.92 Å². The summed E-state index contributed by atoms with van der Waals surface area (Å²) in [5.74, 6) is -0.0950. The summed E-state index contributed by atoms with van der Waals surface area (Å²) in [7, 11) is 0. The third kappa shape index (κ3) is 4.19. The van der Waals surface area contributed by atoms with Crippen molar-refractivity contribution in [1.29, 1.82) is 0 Å². The van der Waals surface area contributed by atoms with E-state index < -0.39 is 0 Å². The van der Waals surface area contributed by atoms with E-state index in [0.717, 1.165) is 16.7 Å². The first kappa shape index (κ1) is 20.0. The number of benzene rings is 2. The molecule has 5 nitrogen and oxygen atoms in total. The molecule has 4 rings (SSSR count). The number of carbonyl (C=O) groups is 1. The Balaban J connectivity index is 1.51. The Kier molecular flexibility index (Phi) is 5.77. The fraction of sp³-hybridized carbons (Fsp3) is 0.208. The van der Waals surface area contributed by atoms with E-state index in [4.69, 9.17) is 0 Å². The molecule has 1 unspecified atom stereocenters. The minimum atomic E-state index is -0.110.